The van der Waals surface area contributed by atoms with Crippen LogP contribution in [0.25, 0.3) is 17.2 Å². The number of amides is 1. The molecule has 0 bridgehead atoms. The zero-order chi connectivity index (χ0) is 18.8. The Morgan fingerprint density at radius 3 is 3.11 bits per heavy atom. The molecule has 9 nitrogen and oxygen atoms in total. The number of H-pyrrole nitrogens is 1. The monoisotopic (exact) mass is 375 g/mol. The van der Waals surface area contributed by atoms with Crippen molar-refractivity contribution in [1.29, 1.82) is 0 Å². The van der Waals surface area contributed by atoms with E-state index in [1.807, 2.05) is 0 Å². The van der Waals surface area contributed by atoms with E-state index in [4.69, 9.17) is 4.74 Å². The third-order valence-electron chi connectivity index (χ3n) is 4.17. The molecule has 27 heavy (non-hydrogen) atoms. The van der Waals surface area contributed by atoms with Gasteiger partial charge < -0.3 is 15.0 Å². The van der Waals surface area contributed by atoms with E-state index in [2.05, 4.69) is 30.8 Å². The number of nitrogens with zero attached hydrogens (tertiary/aromatic N) is 5. The van der Waals surface area contributed by atoms with Crippen molar-refractivity contribution in [3.63, 3.8) is 0 Å². The van der Waals surface area contributed by atoms with Gasteiger partial charge in [0.25, 0.3) is 5.91 Å². The van der Waals surface area contributed by atoms with Gasteiger partial charge in [-0.25, -0.2) is 13.8 Å². The van der Waals surface area contributed by atoms with Gasteiger partial charge in [0.15, 0.2) is 17.5 Å². The van der Waals surface area contributed by atoms with Crippen molar-refractivity contribution in [3.05, 3.63) is 41.9 Å². The van der Waals surface area contributed by atoms with E-state index < -0.39 is 17.5 Å². The van der Waals surface area contributed by atoms with Crippen molar-refractivity contribution in [2.24, 2.45) is 0 Å². The minimum atomic E-state index is -1.08. The Kier molecular flexibility index (Phi) is 4.59. The molecule has 0 aliphatic carbocycles. The fourth-order valence-electron chi connectivity index (χ4n) is 2.82. The maximum Gasteiger partial charge on any atom is 0.287 e. The SMILES string of the molecule is O=C(NC[C@@H]1CCCO1)c1ncc(-c2nnnn2-c2cccc(F)c2F)[nH]1. The van der Waals surface area contributed by atoms with Crippen LogP contribution in [0.5, 0.6) is 0 Å². The van der Waals surface area contributed by atoms with Crippen LogP contribution >= 0.6 is 0 Å². The highest BCUT2D eigenvalue weighted by Gasteiger charge is 2.21. The van der Waals surface area contributed by atoms with Crippen molar-refractivity contribution in [2.75, 3.05) is 13.2 Å². The number of hydrogen-bond acceptors (Lipinski definition) is 6. The van der Waals surface area contributed by atoms with E-state index in [0.717, 1.165) is 23.6 Å². The molecule has 0 spiro atoms. The van der Waals surface area contributed by atoms with E-state index >= 15 is 0 Å². The number of benzene rings is 1. The van der Waals surface area contributed by atoms with Gasteiger partial charge in [0.2, 0.25) is 5.82 Å². The summed E-state index contributed by atoms with van der Waals surface area (Å²) < 4.78 is 34.0. The Morgan fingerprint density at radius 2 is 2.30 bits per heavy atom. The molecule has 2 N–H and O–H groups in total. The Bertz CT molecular complexity index is 965. The van der Waals surface area contributed by atoms with Crippen LogP contribution in [0.15, 0.2) is 24.4 Å². The highest BCUT2D eigenvalue weighted by molar-refractivity contribution is 5.91. The molecule has 0 unspecified atom stereocenters. The van der Waals surface area contributed by atoms with Gasteiger partial charge in [-0.05, 0) is 35.4 Å². The second-order valence-electron chi connectivity index (χ2n) is 5.98. The lowest BCUT2D eigenvalue weighted by Gasteiger charge is -2.09. The Balaban J connectivity index is 1.55. The molecule has 1 fully saturated rings. The molecule has 3 aromatic rings. The first-order valence-electron chi connectivity index (χ1n) is 8.31. The normalized spacial score (nSPS) is 16.6. The van der Waals surface area contributed by atoms with Gasteiger partial charge in [-0.1, -0.05) is 6.07 Å². The van der Waals surface area contributed by atoms with Crippen molar-refractivity contribution >= 4 is 5.91 Å². The quantitative estimate of drug-likeness (QED) is 0.694. The molecule has 140 valence electrons. The van der Waals surface area contributed by atoms with Crippen LogP contribution in [-0.4, -0.2) is 55.3 Å². The van der Waals surface area contributed by atoms with Gasteiger partial charge >= 0.3 is 0 Å². The molecule has 0 saturated carbocycles. The fourth-order valence-corrected chi connectivity index (χ4v) is 2.82. The number of imidazole rings is 1. The average Bonchev–Trinajstić information content (AvgIpc) is 3.42. The maximum absolute atomic E-state index is 14.0. The van der Waals surface area contributed by atoms with Gasteiger partial charge in [-0.15, -0.1) is 5.10 Å². The van der Waals surface area contributed by atoms with E-state index in [0.29, 0.717) is 13.2 Å². The zero-order valence-corrected chi connectivity index (χ0v) is 14.0. The van der Waals surface area contributed by atoms with Crippen LogP contribution in [0.1, 0.15) is 23.5 Å². The summed E-state index contributed by atoms with van der Waals surface area (Å²) in [6, 6.07) is 3.68. The number of rotatable bonds is 5. The molecule has 4 rings (SSSR count). The van der Waals surface area contributed by atoms with Gasteiger partial charge in [-0.3, -0.25) is 4.79 Å². The topological polar surface area (TPSA) is 111 Å². The first-order valence-corrected chi connectivity index (χ1v) is 8.31. The molecule has 1 atom stereocenters. The van der Waals surface area contributed by atoms with Crippen LogP contribution < -0.4 is 5.32 Å². The zero-order valence-electron chi connectivity index (χ0n) is 14.0. The molecular weight excluding hydrogens is 360 g/mol. The number of carbonyl (C=O) groups is 1. The summed E-state index contributed by atoms with van der Waals surface area (Å²) in [7, 11) is 0. The smallest absolute Gasteiger partial charge is 0.287 e. The second-order valence-corrected chi connectivity index (χ2v) is 5.98. The molecular formula is C16H15F2N7O2. The number of aromatic amines is 1. The minimum Gasteiger partial charge on any atom is -0.376 e. The van der Waals surface area contributed by atoms with Crippen molar-refractivity contribution in [1.82, 2.24) is 35.5 Å². The molecule has 1 aliphatic rings. The van der Waals surface area contributed by atoms with E-state index in [-0.39, 0.29) is 29.1 Å². The molecule has 1 aliphatic heterocycles. The lowest BCUT2D eigenvalue weighted by Crippen LogP contribution is -2.32. The number of aromatic nitrogens is 6. The van der Waals surface area contributed by atoms with Crippen LogP contribution in [0.4, 0.5) is 8.78 Å². The van der Waals surface area contributed by atoms with Crippen LogP contribution in [-0.2, 0) is 4.74 Å². The standard InChI is InChI=1S/C16H15F2N7O2/c17-10-4-1-5-12(13(10)18)25-15(22-23-24-25)11-8-19-14(21-11)16(26)20-7-9-3-2-6-27-9/h1,4-5,8-9H,2-3,6-7H2,(H,19,21)(H,20,26)/t9-/m0/s1. The molecule has 1 aromatic carbocycles. The summed E-state index contributed by atoms with van der Waals surface area (Å²) in [4.78, 5) is 19.0. The molecule has 1 amide bonds. The second kappa shape index (κ2) is 7.19. The van der Waals surface area contributed by atoms with Crippen molar-refractivity contribution in [3.8, 4) is 17.2 Å². The molecule has 2 aromatic heterocycles. The van der Waals surface area contributed by atoms with Gasteiger partial charge in [0, 0.05) is 13.2 Å². The third-order valence-corrected chi connectivity index (χ3v) is 4.17. The number of halogens is 2. The van der Waals surface area contributed by atoms with Crippen LogP contribution in [0.3, 0.4) is 0 Å². The van der Waals surface area contributed by atoms with Gasteiger partial charge in [0.05, 0.1) is 12.3 Å². The molecule has 1 saturated heterocycles. The molecule has 3 heterocycles. The van der Waals surface area contributed by atoms with Gasteiger partial charge in [-0.2, -0.15) is 4.68 Å². The number of nitrogens with one attached hydrogen (secondary N) is 2. The maximum atomic E-state index is 14.0. The van der Waals surface area contributed by atoms with Crippen molar-refractivity contribution < 1.29 is 18.3 Å². The van der Waals surface area contributed by atoms with E-state index in [1.54, 1.807) is 0 Å². The fraction of sp³-hybridized carbons (Fsp3) is 0.312. The third kappa shape index (κ3) is 3.40. The average molecular weight is 375 g/mol. The van der Waals surface area contributed by atoms with Gasteiger partial charge in [0.1, 0.15) is 11.4 Å². The highest BCUT2D eigenvalue weighted by atomic mass is 19.2. The summed E-state index contributed by atoms with van der Waals surface area (Å²) in [6.07, 6.45) is 3.23. The van der Waals surface area contributed by atoms with Crippen molar-refractivity contribution in [2.45, 2.75) is 18.9 Å². The Morgan fingerprint density at radius 1 is 1.41 bits per heavy atom. The number of hydrogen-bond donors (Lipinski definition) is 2. The predicted molar refractivity (Wildman–Crippen MR) is 88.0 cm³/mol. The van der Waals surface area contributed by atoms with E-state index in [1.165, 1.54) is 18.3 Å². The predicted octanol–water partition coefficient (Wildman–Crippen LogP) is 1.24. The summed E-state index contributed by atoms with van der Waals surface area (Å²) >= 11 is 0. The number of carbonyl (C=O) groups excluding carboxylic acids is 1. The Labute approximate surface area is 151 Å². The summed E-state index contributed by atoms with van der Waals surface area (Å²) in [6.45, 7) is 1.09. The van der Waals surface area contributed by atoms with Crippen LogP contribution in [0.2, 0.25) is 0 Å². The first kappa shape index (κ1) is 17.2. The van der Waals surface area contributed by atoms with Crippen LogP contribution in [0, 0.1) is 11.6 Å². The lowest BCUT2D eigenvalue weighted by atomic mass is 10.2. The largest absolute Gasteiger partial charge is 0.376 e. The lowest BCUT2D eigenvalue weighted by molar-refractivity contribution is 0.0850. The van der Waals surface area contributed by atoms with E-state index in [9.17, 15) is 13.6 Å². The molecule has 11 heteroatoms. The highest BCUT2D eigenvalue weighted by Crippen LogP contribution is 2.21. The number of ether oxygens (including phenoxy) is 1. The minimum absolute atomic E-state index is 0.00614. The first-order chi connectivity index (χ1) is 13.1. The summed E-state index contributed by atoms with van der Waals surface area (Å²) in [5, 5.41) is 13.7. The number of tetrazole rings is 1. The Hall–Kier alpha value is -3.21. The summed E-state index contributed by atoms with van der Waals surface area (Å²) in [5.41, 5.74) is 0.125. The molecule has 0 radical (unpaired) electrons. The summed E-state index contributed by atoms with van der Waals surface area (Å²) in [5.74, 6) is -2.37.